The number of pyridine rings is 1. The highest BCUT2D eigenvalue weighted by Gasteiger charge is 2.45. The lowest BCUT2D eigenvalue weighted by Crippen LogP contribution is -2.48. The number of carbonyl (C=O) groups excluding carboxylic acids is 1. The Morgan fingerprint density at radius 3 is 2.62 bits per heavy atom. The van der Waals surface area contributed by atoms with Crippen molar-refractivity contribution in [1.82, 2.24) is 24.8 Å². The van der Waals surface area contributed by atoms with Crippen LogP contribution >= 0.6 is 0 Å². The number of nitrogens with one attached hydrogen (secondary N) is 2. The van der Waals surface area contributed by atoms with Crippen molar-refractivity contribution in [3.63, 3.8) is 0 Å². The number of hydrogen-bond acceptors (Lipinski definition) is 8. The fourth-order valence-corrected chi connectivity index (χ4v) is 5.81. The Balaban J connectivity index is 1.21. The molecule has 0 aliphatic carbocycles. The molecule has 0 saturated carbocycles. The number of fused-ring (bicyclic) bond motifs is 3. The molecule has 0 bridgehead atoms. The SMILES string of the molecule is CCN1CCN(C(=O)c2ccc(Nc3ncc(F)c(-c4cc(F)c5c(c4)N4C(CCC4(C)C)N5)n3)nc2)CC1. The maximum atomic E-state index is 15.1. The molecule has 9 nitrogen and oxygen atoms in total. The summed E-state index contributed by atoms with van der Waals surface area (Å²) in [5.41, 5.74) is 1.83. The molecule has 1 unspecified atom stereocenters. The van der Waals surface area contributed by atoms with Crippen molar-refractivity contribution >= 4 is 29.0 Å². The summed E-state index contributed by atoms with van der Waals surface area (Å²) in [7, 11) is 0. The molecule has 3 aliphatic rings. The van der Waals surface area contributed by atoms with Gasteiger partial charge in [0.25, 0.3) is 5.91 Å². The molecular formula is C28H32F2N8O. The van der Waals surface area contributed by atoms with Crippen LogP contribution in [0.15, 0.2) is 36.7 Å². The van der Waals surface area contributed by atoms with E-state index in [0.717, 1.165) is 38.7 Å². The van der Waals surface area contributed by atoms with Crippen LogP contribution in [-0.2, 0) is 0 Å². The maximum Gasteiger partial charge on any atom is 0.255 e. The molecule has 2 fully saturated rings. The van der Waals surface area contributed by atoms with E-state index in [9.17, 15) is 9.18 Å². The second-order valence-corrected chi connectivity index (χ2v) is 10.9. The first-order valence-corrected chi connectivity index (χ1v) is 13.4. The molecule has 3 aromatic rings. The van der Waals surface area contributed by atoms with Crippen LogP contribution in [0.25, 0.3) is 11.3 Å². The van der Waals surface area contributed by atoms with E-state index < -0.39 is 11.6 Å². The van der Waals surface area contributed by atoms with E-state index in [2.05, 4.69) is 56.2 Å². The normalized spacial score (nSPS) is 20.0. The van der Waals surface area contributed by atoms with Crippen LogP contribution < -0.4 is 15.5 Å². The summed E-state index contributed by atoms with van der Waals surface area (Å²) in [6, 6.07) is 6.45. The molecule has 3 aliphatic heterocycles. The number of nitrogens with zero attached hydrogens (tertiary/aromatic N) is 6. The lowest BCUT2D eigenvalue weighted by atomic mass is 10.00. The lowest BCUT2D eigenvalue weighted by molar-refractivity contribution is 0.0643. The molecule has 2 saturated heterocycles. The van der Waals surface area contributed by atoms with Crippen molar-refractivity contribution in [2.45, 2.75) is 45.3 Å². The highest BCUT2D eigenvalue weighted by Crippen LogP contribution is 2.49. The van der Waals surface area contributed by atoms with E-state index in [1.807, 2.05) is 4.90 Å². The average molecular weight is 535 g/mol. The topological polar surface area (TPSA) is 89.5 Å². The highest BCUT2D eigenvalue weighted by molar-refractivity contribution is 5.94. The van der Waals surface area contributed by atoms with Crippen molar-refractivity contribution < 1.29 is 13.6 Å². The third-order valence-electron chi connectivity index (χ3n) is 8.01. The Morgan fingerprint density at radius 1 is 1.10 bits per heavy atom. The van der Waals surface area contributed by atoms with Gasteiger partial charge in [-0.15, -0.1) is 0 Å². The second-order valence-electron chi connectivity index (χ2n) is 10.9. The van der Waals surface area contributed by atoms with Crippen LogP contribution in [0.4, 0.5) is 31.9 Å². The van der Waals surface area contributed by atoms with Gasteiger partial charge in [-0.3, -0.25) is 4.79 Å². The molecule has 1 amide bonds. The minimum atomic E-state index is -0.653. The second kappa shape index (κ2) is 9.71. The van der Waals surface area contributed by atoms with E-state index in [1.54, 1.807) is 18.2 Å². The van der Waals surface area contributed by atoms with Gasteiger partial charge >= 0.3 is 0 Å². The molecule has 0 radical (unpaired) electrons. The van der Waals surface area contributed by atoms with Crippen LogP contribution in [0.5, 0.6) is 0 Å². The lowest BCUT2D eigenvalue weighted by Gasteiger charge is -2.34. The van der Waals surface area contributed by atoms with Crippen molar-refractivity contribution in [3.05, 3.63) is 53.9 Å². The highest BCUT2D eigenvalue weighted by atomic mass is 19.1. The van der Waals surface area contributed by atoms with Crippen LogP contribution in [0.2, 0.25) is 0 Å². The molecule has 204 valence electrons. The van der Waals surface area contributed by atoms with Crippen LogP contribution in [0.3, 0.4) is 0 Å². The Labute approximate surface area is 226 Å². The zero-order valence-corrected chi connectivity index (χ0v) is 22.3. The first kappa shape index (κ1) is 25.4. The largest absolute Gasteiger partial charge is 0.361 e. The molecule has 6 rings (SSSR count). The maximum absolute atomic E-state index is 15.1. The molecule has 11 heteroatoms. The predicted octanol–water partition coefficient (Wildman–Crippen LogP) is 4.47. The summed E-state index contributed by atoms with van der Waals surface area (Å²) in [5.74, 6) is -0.627. The fourth-order valence-electron chi connectivity index (χ4n) is 5.81. The zero-order valence-electron chi connectivity index (χ0n) is 22.3. The third-order valence-corrected chi connectivity index (χ3v) is 8.01. The van der Waals surface area contributed by atoms with Gasteiger partial charge in [-0.05, 0) is 57.5 Å². The van der Waals surface area contributed by atoms with Gasteiger partial charge in [-0.2, -0.15) is 0 Å². The van der Waals surface area contributed by atoms with Gasteiger partial charge in [-0.25, -0.2) is 23.7 Å². The van der Waals surface area contributed by atoms with E-state index >= 15 is 4.39 Å². The molecule has 1 atom stereocenters. The van der Waals surface area contributed by atoms with Gasteiger partial charge in [0, 0.05) is 43.5 Å². The summed E-state index contributed by atoms with van der Waals surface area (Å²) < 4.78 is 30.0. The number of hydrogen-bond donors (Lipinski definition) is 2. The van der Waals surface area contributed by atoms with Gasteiger partial charge in [0.05, 0.1) is 29.3 Å². The van der Waals surface area contributed by atoms with Gasteiger partial charge in [-0.1, -0.05) is 6.92 Å². The monoisotopic (exact) mass is 534 g/mol. The Morgan fingerprint density at radius 2 is 1.90 bits per heavy atom. The molecule has 1 aromatic carbocycles. The first-order chi connectivity index (χ1) is 18.7. The number of halogens is 2. The smallest absolute Gasteiger partial charge is 0.255 e. The van der Waals surface area contributed by atoms with Gasteiger partial charge < -0.3 is 25.3 Å². The number of anilines is 4. The Hall–Kier alpha value is -3.86. The number of amides is 1. The summed E-state index contributed by atoms with van der Waals surface area (Å²) in [4.78, 5) is 31.9. The number of piperazine rings is 1. The Bertz CT molecular complexity index is 1410. The van der Waals surface area contributed by atoms with Crippen molar-refractivity contribution in [2.75, 3.05) is 48.3 Å². The zero-order chi connectivity index (χ0) is 27.3. The molecule has 2 aromatic heterocycles. The number of carbonyl (C=O) groups is 1. The van der Waals surface area contributed by atoms with Crippen LogP contribution in [0.1, 0.15) is 44.0 Å². The van der Waals surface area contributed by atoms with Crippen LogP contribution in [-0.4, -0.2) is 75.1 Å². The summed E-state index contributed by atoms with van der Waals surface area (Å²) in [6.07, 6.45) is 4.47. The van der Waals surface area contributed by atoms with E-state index in [1.165, 1.54) is 12.3 Å². The first-order valence-electron chi connectivity index (χ1n) is 13.4. The van der Waals surface area contributed by atoms with E-state index in [-0.39, 0.29) is 29.3 Å². The molecule has 0 spiro atoms. The quantitative estimate of drug-likeness (QED) is 0.496. The van der Waals surface area contributed by atoms with Crippen molar-refractivity contribution in [3.8, 4) is 11.3 Å². The van der Waals surface area contributed by atoms with Crippen molar-refractivity contribution in [2.24, 2.45) is 0 Å². The number of likely N-dealkylation sites (N-methyl/N-ethyl adjacent to an activating group) is 1. The third kappa shape index (κ3) is 4.64. The minimum absolute atomic E-state index is 0.00678. The molecule has 2 N–H and O–H groups in total. The van der Waals surface area contributed by atoms with Gasteiger partial charge in [0.1, 0.15) is 17.3 Å². The van der Waals surface area contributed by atoms with E-state index in [0.29, 0.717) is 41.4 Å². The van der Waals surface area contributed by atoms with Gasteiger partial charge in [0.15, 0.2) is 5.82 Å². The minimum Gasteiger partial charge on any atom is -0.361 e. The molecular weight excluding hydrogens is 502 g/mol. The average Bonchev–Trinajstić information content (AvgIpc) is 3.47. The molecule has 5 heterocycles. The van der Waals surface area contributed by atoms with E-state index in [4.69, 9.17) is 0 Å². The number of rotatable bonds is 5. The predicted molar refractivity (Wildman–Crippen MR) is 146 cm³/mol. The number of aromatic nitrogens is 3. The fraction of sp³-hybridized carbons (Fsp3) is 0.429. The number of benzene rings is 1. The summed E-state index contributed by atoms with van der Waals surface area (Å²) in [6.45, 7) is 10.4. The summed E-state index contributed by atoms with van der Waals surface area (Å²) in [5, 5.41) is 6.24. The van der Waals surface area contributed by atoms with Crippen LogP contribution in [0, 0.1) is 11.6 Å². The Kier molecular flexibility index (Phi) is 6.33. The van der Waals surface area contributed by atoms with Crippen molar-refractivity contribution in [1.29, 1.82) is 0 Å². The summed E-state index contributed by atoms with van der Waals surface area (Å²) >= 11 is 0. The standard InChI is InChI=1S/C28H32F2N8O/c1-4-36-9-11-37(12-10-36)26(39)17-5-6-22(31-15-17)33-27-32-16-20(30)24(35-27)18-13-19(29)25-21(14-18)38-23(34-25)7-8-28(38,2)3/h5-6,13-16,23,34H,4,7-12H2,1-3H3,(H,31,32,33,35). The van der Waals surface area contributed by atoms with Gasteiger partial charge in [0.2, 0.25) is 5.95 Å². The molecule has 39 heavy (non-hydrogen) atoms.